The van der Waals surface area contributed by atoms with Gasteiger partial charge in [0.05, 0.1) is 48.8 Å². The number of H-pyrrole nitrogens is 1. The van der Waals surface area contributed by atoms with E-state index in [9.17, 15) is 18.4 Å². The lowest BCUT2D eigenvalue weighted by atomic mass is 10.0. The minimum atomic E-state index is -2.62. The molecule has 0 spiro atoms. The van der Waals surface area contributed by atoms with Crippen LogP contribution in [0.5, 0.6) is 0 Å². The summed E-state index contributed by atoms with van der Waals surface area (Å²) in [6, 6.07) is 29.6. The predicted octanol–water partition coefficient (Wildman–Crippen LogP) is 7.59. The summed E-state index contributed by atoms with van der Waals surface area (Å²) in [6.07, 6.45) is 10.1. The summed E-state index contributed by atoms with van der Waals surface area (Å²) in [4.78, 5) is 33.1. The third-order valence-corrected chi connectivity index (χ3v) is 9.07. The van der Waals surface area contributed by atoms with Gasteiger partial charge in [-0.2, -0.15) is 10.2 Å². The molecule has 1 aliphatic heterocycles. The van der Waals surface area contributed by atoms with Crippen molar-refractivity contribution < 1.29 is 23.5 Å². The van der Waals surface area contributed by atoms with Crippen molar-refractivity contribution >= 4 is 28.6 Å². The number of fused-ring (bicyclic) bond motifs is 1. The largest absolute Gasteiger partial charge is 0.478 e. The summed E-state index contributed by atoms with van der Waals surface area (Å²) < 4.78 is 31.1. The maximum atomic E-state index is 13.9. The quantitative estimate of drug-likeness (QED) is 0.132. The molecule has 13 heteroatoms. The van der Waals surface area contributed by atoms with Crippen molar-refractivity contribution in [1.82, 2.24) is 34.4 Å². The highest BCUT2D eigenvalue weighted by Gasteiger charge is 2.34. The first-order chi connectivity index (χ1) is 26.2. The molecule has 1 fully saturated rings. The second kappa shape index (κ2) is 16.0. The number of carboxylic acids is 1. The van der Waals surface area contributed by atoms with Crippen molar-refractivity contribution in [1.29, 1.82) is 0 Å². The fraction of sp³-hybridized carbons (Fsp3) is 0.195. The van der Waals surface area contributed by atoms with E-state index in [1.165, 1.54) is 12.4 Å². The Hall–Kier alpha value is -6.47. The molecule has 1 amide bonds. The maximum absolute atomic E-state index is 13.9. The molecule has 0 aliphatic carbocycles. The topological polar surface area (TPSA) is 134 Å². The molecule has 0 saturated carbocycles. The minimum Gasteiger partial charge on any atom is -0.478 e. The fourth-order valence-electron chi connectivity index (χ4n) is 6.42. The van der Waals surface area contributed by atoms with Crippen molar-refractivity contribution in [2.24, 2.45) is 0 Å². The molecule has 3 aromatic carbocycles. The van der Waals surface area contributed by atoms with Crippen LogP contribution in [0.3, 0.4) is 0 Å². The van der Waals surface area contributed by atoms with Gasteiger partial charge in [-0.15, -0.1) is 0 Å². The number of halogens is 2. The highest BCUT2D eigenvalue weighted by atomic mass is 19.3. The number of piperidine rings is 1. The Labute approximate surface area is 309 Å². The second-order valence-electron chi connectivity index (χ2n) is 13.3. The Kier molecular flexibility index (Phi) is 10.7. The van der Waals surface area contributed by atoms with E-state index in [0.717, 1.165) is 33.2 Å². The molecule has 0 bridgehead atoms. The standard InChI is InChI=1S/C30H28F2N6O.C11H10N2O2/c31-30(32)10-5-11-37(20-30)17-22-8-4-9-23(12-22)24-13-26-27(16-34-28(26)33-14-24)36-29(39)25-15-35-38(19-25)18-21-6-2-1-3-7-21;14-11(15)10-6-12-13(8-10)7-9-4-2-1-3-5-9/h1-4,6-9,12-16,19H,5,10-11,17-18,20H2,(H,33,34)(H,36,39);1-6,8H,7H2,(H,14,15). The van der Waals surface area contributed by atoms with Gasteiger partial charge >= 0.3 is 5.97 Å². The van der Waals surface area contributed by atoms with Gasteiger partial charge in [0, 0.05) is 48.7 Å². The Morgan fingerprint density at radius 2 is 1.43 bits per heavy atom. The van der Waals surface area contributed by atoms with Gasteiger partial charge in [0.1, 0.15) is 5.65 Å². The van der Waals surface area contributed by atoms with Crippen LogP contribution in [0.1, 0.15) is 50.2 Å². The number of alkyl halides is 2. The third kappa shape index (κ3) is 9.11. The smallest absolute Gasteiger partial charge is 0.338 e. The molecule has 274 valence electrons. The Morgan fingerprint density at radius 3 is 2.07 bits per heavy atom. The molecule has 1 aliphatic rings. The number of carboxylic acid groups (broad SMARTS) is 1. The van der Waals surface area contributed by atoms with Crippen LogP contribution in [0, 0.1) is 0 Å². The van der Waals surface area contributed by atoms with Crippen molar-refractivity contribution in [3.8, 4) is 11.1 Å². The van der Waals surface area contributed by atoms with E-state index in [2.05, 4.69) is 25.5 Å². The zero-order valence-corrected chi connectivity index (χ0v) is 29.3. The van der Waals surface area contributed by atoms with Crippen LogP contribution < -0.4 is 5.32 Å². The summed E-state index contributed by atoms with van der Waals surface area (Å²) >= 11 is 0. The van der Waals surface area contributed by atoms with Gasteiger partial charge in [-0.1, -0.05) is 78.9 Å². The molecule has 11 nitrogen and oxygen atoms in total. The third-order valence-electron chi connectivity index (χ3n) is 9.07. The van der Waals surface area contributed by atoms with Crippen LogP contribution in [0.2, 0.25) is 0 Å². The van der Waals surface area contributed by atoms with Crippen LogP contribution in [0.4, 0.5) is 14.5 Å². The molecule has 8 rings (SSSR count). The second-order valence-corrected chi connectivity index (χ2v) is 13.3. The van der Waals surface area contributed by atoms with Crippen molar-refractivity contribution in [3.63, 3.8) is 0 Å². The number of aromatic nitrogens is 6. The first-order valence-corrected chi connectivity index (χ1v) is 17.5. The van der Waals surface area contributed by atoms with Gasteiger partial charge < -0.3 is 15.4 Å². The summed E-state index contributed by atoms with van der Waals surface area (Å²) in [5.41, 5.74) is 6.92. The molecule has 1 saturated heterocycles. The number of amides is 1. The molecule has 0 unspecified atom stereocenters. The van der Waals surface area contributed by atoms with Crippen LogP contribution in [-0.2, 0) is 19.6 Å². The molecule has 4 aromatic heterocycles. The van der Waals surface area contributed by atoms with Gasteiger partial charge in [0.25, 0.3) is 11.8 Å². The van der Waals surface area contributed by atoms with E-state index >= 15 is 0 Å². The Bertz CT molecular complexity index is 2350. The molecule has 0 radical (unpaired) electrons. The lowest BCUT2D eigenvalue weighted by Gasteiger charge is -2.32. The van der Waals surface area contributed by atoms with E-state index in [1.54, 1.807) is 34.2 Å². The van der Waals surface area contributed by atoms with Gasteiger partial charge in [-0.3, -0.25) is 19.1 Å². The van der Waals surface area contributed by atoms with Crippen LogP contribution in [0.15, 0.2) is 128 Å². The van der Waals surface area contributed by atoms with Gasteiger partial charge in [0.15, 0.2) is 0 Å². The first-order valence-electron chi connectivity index (χ1n) is 17.5. The molecular formula is C41H38F2N8O3. The van der Waals surface area contributed by atoms with Gasteiger partial charge in [-0.05, 0) is 47.4 Å². The number of rotatable bonds is 10. The zero-order chi connectivity index (χ0) is 37.5. The lowest BCUT2D eigenvalue weighted by molar-refractivity contribution is -0.0661. The summed E-state index contributed by atoms with van der Waals surface area (Å²) in [5.74, 6) is -3.84. The number of nitrogens with zero attached hydrogens (tertiary/aromatic N) is 6. The lowest BCUT2D eigenvalue weighted by Crippen LogP contribution is -2.41. The molecular weight excluding hydrogens is 690 g/mol. The number of benzene rings is 3. The maximum Gasteiger partial charge on any atom is 0.338 e. The number of carbonyl (C=O) groups excluding carboxylic acids is 1. The molecule has 0 atom stereocenters. The number of hydrogen-bond acceptors (Lipinski definition) is 6. The van der Waals surface area contributed by atoms with Crippen LogP contribution in [0.25, 0.3) is 22.2 Å². The number of likely N-dealkylation sites (tertiary alicyclic amines) is 1. The van der Waals surface area contributed by atoms with Crippen LogP contribution >= 0.6 is 0 Å². The van der Waals surface area contributed by atoms with Gasteiger partial charge in [-0.25, -0.2) is 18.6 Å². The number of anilines is 1. The van der Waals surface area contributed by atoms with E-state index in [4.69, 9.17) is 5.11 Å². The van der Waals surface area contributed by atoms with Crippen molar-refractivity contribution in [2.45, 2.75) is 38.4 Å². The Balaban J connectivity index is 0.000000251. The van der Waals surface area contributed by atoms with Crippen LogP contribution in [-0.4, -0.2) is 70.4 Å². The van der Waals surface area contributed by atoms with E-state index in [0.29, 0.717) is 49.5 Å². The average molecular weight is 729 g/mol. The summed E-state index contributed by atoms with van der Waals surface area (Å²) in [5, 5.41) is 20.8. The SMILES string of the molecule is O=C(Nc1c[nH]c2ncc(-c3cccc(CN4CCCC(F)(F)C4)c3)cc12)c1cnn(Cc2ccccc2)c1.O=C(O)c1cnn(Cc2ccccc2)c1. The molecule has 3 N–H and O–H groups in total. The number of nitrogens with one attached hydrogen (secondary N) is 2. The molecule has 5 heterocycles. The van der Waals surface area contributed by atoms with Crippen molar-refractivity contribution in [3.05, 3.63) is 156 Å². The highest BCUT2D eigenvalue weighted by molar-refractivity contribution is 6.08. The summed E-state index contributed by atoms with van der Waals surface area (Å²) in [6.45, 7) is 2.11. The zero-order valence-electron chi connectivity index (χ0n) is 29.3. The Morgan fingerprint density at radius 1 is 0.778 bits per heavy atom. The summed E-state index contributed by atoms with van der Waals surface area (Å²) in [7, 11) is 0. The highest BCUT2D eigenvalue weighted by Crippen LogP contribution is 2.30. The molecule has 7 aromatic rings. The number of carbonyl (C=O) groups is 2. The number of aromatic carboxylic acids is 1. The number of aromatic amines is 1. The normalized spacial score (nSPS) is 14.0. The number of pyridine rings is 1. The monoisotopic (exact) mass is 728 g/mol. The van der Waals surface area contributed by atoms with Crippen molar-refractivity contribution in [2.75, 3.05) is 18.4 Å². The van der Waals surface area contributed by atoms with E-state index in [1.807, 2.05) is 95.9 Å². The minimum absolute atomic E-state index is 0.0409. The number of hydrogen-bond donors (Lipinski definition) is 3. The molecule has 54 heavy (non-hydrogen) atoms. The first kappa shape index (κ1) is 35.9. The van der Waals surface area contributed by atoms with Gasteiger partial charge in [0.2, 0.25) is 0 Å². The fourth-order valence-corrected chi connectivity index (χ4v) is 6.42. The predicted molar refractivity (Wildman–Crippen MR) is 201 cm³/mol. The van der Waals surface area contributed by atoms with E-state index in [-0.39, 0.29) is 24.4 Å². The van der Waals surface area contributed by atoms with E-state index < -0.39 is 11.9 Å². The average Bonchev–Trinajstić information content (AvgIpc) is 3.93.